The predicted molar refractivity (Wildman–Crippen MR) is 59.5 cm³/mol. The van der Waals surface area contributed by atoms with Crippen molar-refractivity contribution in [2.24, 2.45) is 5.92 Å². The van der Waals surface area contributed by atoms with Crippen LogP contribution in [0.4, 0.5) is 0 Å². The molecular weight excluding hydrogens is 188 g/mol. The van der Waals surface area contributed by atoms with Crippen molar-refractivity contribution >= 4 is 0 Å². The highest BCUT2D eigenvalue weighted by atomic mass is 16.3. The normalized spacial score (nSPS) is 31.7. The fourth-order valence-electron chi connectivity index (χ4n) is 2.67. The molecule has 0 bridgehead atoms. The van der Waals surface area contributed by atoms with Crippen LogP contribution in [0.15, 0.2) is 23.0 Å². The van der Waals surface area contributed by atoms with Crippen molar-refractivity contribution in [2.45, 2.75) is 51.0 Å². The molecule has 1 N–H and O–H groups in total. The zero-order chi connectivity index (χ0) is 10.7. The third-order valence-corrected chi connectivity index (χ3v) is 3.69. The molecule has 0 aliphatic heterocycles. The lowest BCUT2D eigenvalue weighted by Gasteiger charge is -2.35. The van der Waals surface area contributed by atoms with E-state index in [-0.39, 0.29) is 0 Å². The van der Waals surface area contributed by atoms with Crippen molar-refractivity contribution in [3.63, 3.8) is 0 Å². The molecule has 84 valence electrons. The Kier molecular flexibility index (Phi) is 3.15. The fourth-order valence-corrected chi connectivity index (χ4v) is 2.67. The van der Waals surface area contributed by atoms with Gasteiger partial charge in [0.1, 0.15) is 0 Å². The van der Waals surface area contributed by atoms with E-state index in [4.69, 9.17) is 4.42 Å². The number of furan rings is 1. The molecule has 0 saturated heterocycles. The van der Waals surface area contributed by atoms with Crippen molar-refractivity contribution < 1.29 is 9.52 Å². The Morgan fingerprint density at radius 2 is 2.20 bits per heavy atom. The number of hydrogen-bond acceptors (Lipinski definition) is 2. The van der Waals surface area contributed by atoms with Gasteiger partial charge in [0, 0.05) is 5.56 Å². The quantitative estimate of drug-likeness (QED) is 0.825. The van der Waals surface area contributed by atoms with E-state index in [9.17, 15) is 5.11 Å². The minimum atomic E-state index is -0.614. The van der Waals surface area contributed by atoms with Crippen molar-refractivity contribution in [3.05, 3.63) is 24.2 Å². The summed E-state index contributed by atoms with van der Waals surface area (Å²) in [4.78, 5) is 0. The molecule has 1 fully saturated rings. The minimum Gasteiger partial charge on any atom is -0.472 e. The van der Waals surface area contributed by atoms with Gasteiger partial charge in [-0.05, 0) is 37.7 Å². The monoisotopic (exact) mass is 208 g/mol. The van der Waals surface area contributed by atoms with Crippen molar-refractivity contribution in [3.8, 4) is 0 Å². The minimum absolute atomic E-state index is 0.614. The fraction of sp³-hybridized carbons (Fsp3) is 0.692. The Bertz CT molecular complexity index is 281. The summed E-state index contributed by atoms with van der Waals surface area (Å²) in [7, 11) is 0. The number of aliphatic hydroxyl groups is 1. The van der Waals surface area contributed by atoms with E-state index in [1.807, 2.05) is 6.07 Å². The van der Waals surface area contributed by atoms with Gasteiger partial charge in [0.05, 0.1) is 18.1 Å². The van der Waals surface area contributed by atoms with Gasteiger partial charge in [0.25, 0.3) is 0 Å². The van der Waals surface area contributed by atoms with Gasteiger partial charge in [0.15, 0.2) is 0 Å². The second-order valence-electron chi connectivity index (χ2n) is 4.78. The Labute approximate surface area is 91.3 Å². The van der Waals surface area contributed by atoms with Crippen LogP contribution in [0.1, 0.15) is 51.0 Å². The lowest BCUT2D eigenvalue weighted by Crippen LogP contribution is -2.31. The Balaban J connectivity index is 1.97. The summed E-state index contributed by atoms with van der Waals surface area (Å²) < 4.78 is 5.05. The summed E-state index contributed by atoms with van der Waals surface area (Å²) in [5.41, 5.74) is 0.342. The summed E-state index contributed by atoms with van der Waals surface area (Å²) in [6.45, 7) is 2.23. The summed E-state index contributed by atoms with van der Waals surface area (Å²) in [5.74, 6) is 0.821. The van der Waals surface area contributed by atoms with Crippen molar-refractivity contribution in [1.82, 2.24) is 0 Å². The molecule has 0 radical (unpaired) electrons. The van der Waals surface area contributed by atoms with Gasteiger partial charge in [-0.1, -0.05) is 19.8 Å². The first-order chi connectivity index (χ1) is 7.24. The van der Waals surface area contributed by atoms with E-state index < -0.39 is 5.60 Å². The van der Waals surface area contributed by atoms with Gasteiger partial charge < -0.3 is 9.52 Å². The van der Waals surface area contributed by atoms with Crippen LogP contribution in [-0.4, -0.2) is 5.11 Å². The van der Waals surface area contributed by atoms with Crippen LogP contribution < -0.4 is 0 Å². The topological polar surface area (TPSA) is 33.4 Å². The molecule has 0 aromatic carbocycles. The van der Waals surface area contributed by atoms with Crippen LogP contribution in [0, 0.1) is 5.92 Å². The first-order valence-electron chi connectivity index (χ1n) is 5.99. The molecule has 1 aromatic rings. The third-order valence-electron chi connectivity index (χ3n) is 3.69. The zero-order valence-corrected chi connectivity index (χ0v) is 9.41. The molecule has 2 nitrogen and oxygen atoms in total. The highest BCUT2D eigenvalue weighted by Gasteiger charge is 2.35. The lowest BCUT2D eigenvalue weighted by molar-refractivity contribution is -0.0156. The van der Waals surface area contributed by atoms with Crippen LogP contribution >= 0.6 is 0 Å². The Hall–Kier alpha value is -0.760. The molecule has 0 spiro atoms. The van der Waals surface area contributed by atoms with Crippen LogP contribution in [0.3, 0.4) is 0 Å². The number of rotatable bonds is 3. The van der Waals surface area contributed by atoms with Crippen LogP contribution in [0.5, 0.6) is 0 Å². The van der Waals surface area contributed by atoms with Gasteiger partial charge in [-0.25, -0.2) is 0 Å². The largest absolute Gasteiger partial charge is 0.472 e. The first-order valence-corrected chi connectivity index (χ1v) is 5.99. The molecule has 0 amide bonds. The van der Waals surface area contributed by atoms with Gasteiger partial charge in [-0.3, -0.25) is 0 Å². The van der Waals surface area contributed by atoms with Gasteiger partial charge in [0.2, 0.25) is 0 Å². The van der Waals surface area contributed by atoms with E-state index in [1.165, 1.54) is 12.8 Å². The molecule has 1 aliphatic carbocycles. The maximum absolute atomic E-state index is 10.5. The molecule has 0 atom stereocenters. The molecule has 2 rings (SSSR count). The van der Waals surface area contributed by atoms with Crippen LogP contribution in [0.25, 0.3) is 0 Å². The second kappa shape index (κ2) is 4.40. The van der Waals surface area contributed by atoms with Gasteiger partial charge in [-0.2, -0.15) is 0 Å². The number of hydrogen-bond donors (Lipinski definition) is 1. The summed E-state index contributed by atoms with van der Waals surface area (Å²) in [5, 5.41) is 10.5. The van der Waals surface area contributed by atoms with E-state index in [0.29, 0.717) is 0 Å². The molecule has 2 heteroatoms. The predicted octanol–water partition coefficient (Wildman–Crippen LogP) is 3.46. The average molecular weight is 208 g/mol. The third kappa shape index (κ3) is 2.25. The molecule has 1 aliphatic rings. The van der Waals surface area contributed by atoms with E-state index in [1.54, 1.807) is 12.5 Å². The highest BCUT2D eigenvalue weighted by molar-refractivity contribution is 5.16. The maximum Gasteiger partial charge on any atom is 0.0963 e. The molecular formula is C13H20O2. The Morgan fingerprint density at radius 1 is 1.47 bits per heavy atom. The SMILES string of the molecule is CCCC1CCC(O)(c2ccoc2)CC1. The van der Waals surface area contributed by atoms with E-state index >= 15 is 0 Å². The molecule has 1 aromatic heterocycles. The smallest absolute Gasteiger partial charge is 0.0963 e. The molecule has 1 heterocycles. The van der Waals surface area contributed by atoms with Crippen LogP contribution in [0.2, 0.25) is 0 Å². The van der Waals surface area contributed by atoms with Gasteiger partial charge >= 0.3 is 0 Å². The first kappa shape index (κ1) is 10.7. The van der Waals surface area contributed by atoms with Crippen LogP contribution in [-0.2, 0) is 5.60 Å². The Morgan fingerprint density at radius 3 is 2.73 bits per heavy atom. The lowest BCUT2D eigenvalue weighted by atomic mass is 9.75. The summed E-state index contributed by atoms with van der Waals surface area (Å²) in [6.07, 6.45) is 9.96. The average Bonchev–Trinajstić information content (AvgIpc) is 2.76. The molecule has 1 saturated carbocycles. The van der Waals surface area contributed by atoms with E-state index in [2.05, 4.69) is 6.92 Å². The summed E-state index contributed by atoms with van der Waals surface area (Å²) in [6, 6.07) is 1.89. The van der Waals surface area contributed by atoms with Gasteiger partial charge in [-0.15, -0.1) is 0 Å². The van der Waals surface area contributed by atoms with Crippen molar-refractivity contribution in [1.29, 1.82) is 0 Å². The standard InChI is InChI=1S/C13H20O2/c1-2-3-11-4-7-13(14,8-5-11)12-6-9-15-10-12/h6,9-11,14H,2-5,7-8H2,1H3. The van der Waals surface area contributed by atoms with E-state index in [0.717, 1.165) is 37.2 Å². The summed E-state index contributed by atoms with van der Waals surface area (Å²) >= 11 is 0. The molecule has 15 heavy (non-hydrogen) atoms. The zero-order valence-electron chi connectivity index (χ0n) is 9.41. The maximum atomic E-state index is 10.5. The highest BCUT2D eigenvalue weighted by Crippen LogP contribution is 2.40. The van der Waals surface area contributed by atoms with Crippen molar-refractivity contribution in [2.75, 3.05) is 0 Å². The molecule has 0 unspecified atom stereocenters. The second-order valence-corrected chi connectivity index (χ2v) is 4.78.